The highest BCUT2D eigenvalue weighted by Gasteiger charge is 2.07. The minimum atomic E-state index is -0.281. The lowest BCUT2D eigenvalue weighted by molar-refractivity contribution is 0.277. The summed E-state index contributed by atoms with van der Waals surface area (Å²) in [6, 6.07) is 17.3. The van der Waals surface area contributed by atoms with Gasteiger partial charge in [-0.05, 0) is 17.7 Å². The van der Waals surface area contributed by atoms with Crippen LogP contribution in [0.25, 0.3) is 10.9 Å². The van der Waals surface area contributed by atoms with Gasteiger partial charge in [0.1, 0.15) is 0 Å². The zero-order chi connectivity index (χ0) is 11.7. The van der Waals surface area contributed by atoms with Crippen molar-refractivity contribution in [3.05, 3.63) is 70.6 Å². The van der Waals surface area contributed by atoms with Crippen LogP contribution in [0.5, 0.6) is 0 Å². The number of nitrogens with zero attached hydrogens (tertiary/aromatic N) is 1. The fraction of sp³-hybridized carbons (Fsp3) is 0.0714. The zero-order valence-corrected chi connectivity index (χ0v) is 9.17. The summed E-state index contributed by atoms with van der Waals surface area (Å²) in [6.45, 7) is 0.573. The maximum absolute atomic E-state index is 11.6. The van der Waals surface area contributed by atoms with Crippen LogP contribution in [0.3, 0.4) is 0 Å². The number of hydrogen-bond donors (Lipinski definition) is 0. The van der Waals surface area contributed by atoms with Gasteiger partial charge in [-0.3, -0.25) is 0 Å². The molecule has 3 aromatic rings. The molecule has 3 rings (SSSR count). The van der Waals surface area contributed by atoms with Crippen LogP contribution in [-0.2, 0) is 6.54 Å². The lowest BCUT2D eigenvalue weighted by Gasteiger charge is -2.01. The Morgan fingerprint density at radius 2 is 1.65 bits per heavy atom. The molecule has 3 nitrogen and oxygen atoms in total. The van der Waals surface area contributed by atoms with Gasteiger partial charge < -0.3 is 4.52 Å². The fourth-order valence-electron chi connectivity index (χ4n) is 1.93. The minimum Gasteiger partial charge on any atom is -0.335 e. The Balaban J connectivity index is 2.10. The Hall–Kier alpha value is -2.29. The Labute approximate surface area is 97.9 Å². The van der Waals surface area contributed by atoms with Crippen LogP contribution < -0.4 is 5.63 Å². The van der Waals surface area contributed by atoms with Gasteiger partial charge in [-0.25, -0.2) is 9.53 Å². The van der Waals surface area contributed by atoms with Crippen molar-refractivity contribution in [1.29, 1.82) is 0 Å². The molecule has 0 fully saturated rings. The van der Waals surface area contributed by atoms with Gasteiger partial charge in [0.25, 0.3) is 0 Å². The summed E-state index contributed by atoms with van der Waals surface area (Å²) < 4.78 is 6.86. The second-order valence-electron chi connectivity index (χ2n) is 3.92. The normalized spacial score (nSPS) is 10.8. The van der Waals surface area contributed by atoms with Gasteiger partial charge in [0.05, 0.1) is 17.4 Å². The maximum Gasteiger partial charge on any atom is 0.365 e. The van der Waals surface area contributed by atoms with Gasteiger partial charge in [-0.15, -0.1) is 0 Å². The van der Waals surface area contributed by atoms with Crippen LogP contribution in [0, 0.1) is 0 Å². The molecule has 1 aromatic heterocycles. The lowest BCUT2D eigenvalue weighted by Crippen LogP contribution is -1.98. The molecule has 0 atom stereocenters. The van der Waals surface area contributed by atoms with Crippen molar-refractivity contribution in [2.75, 3.05) is 0 Å². The summed E-state index contributed by atoms with van der Waals surface area (Å²) in [5.74, 6) is 0. The molecule has 0 radical (unpaired) electrons. The summed E-state index contributed by atoms with van der Waals surface area (Å²) in [5.41, 5.74) is 1.66. The molecule has 0 bridgehead atoms. The van der Waals surface area contributed by atoms with E-state index in [1.807, 2.05) is 48.5 Å². The third-order valence-corrected chi connectivity index (χ3v) is 2.75. The Bertz CT molecular complexity index is 695. The summed E-state index contributed by atoms with van der Waals surface area (Å²) in [7, 11) is 0. The van der Waals surface area contributed by atoms with Crippen molar-refractivity contribution < 1.29 is 4.52 Å². The van der Waals surface area contributed by atoms with Crippen LogP contribution in [0.15, 0.2) is 63.9 Å². The number of aromatic nitrogens is 1. The molecular weight excluding hydrogens is 214 g/mol. The largest absolute Gasteiger partial charge is 0.365 e. The number of benzene rings is 2. The van der Waals surface area contributed by atoms with E-state index < -0.39 is 0 Å². The highest BCUT2D eigenvalue weighted by atomic mass is 16.5. The molecule has 0 aliphatic heterocycles. The summed E-state index contributed by atoms with van der Waals surface area (Å²) in [4.78, 5) is 11.6. The van der Waals surface area contributed by atoms with Crippen LogP contribution in [-0.4, -0.2) is 4.74 Å². The predicted molar refractivity (Wildman–Crippen MR) is 66.0 cm³/mol. The van der Waals surface area contributed by atoms with Crippen molar-refractivity contribution in [2.45, 2.75) is 6.54 Å². The average Bonchev–Trinajstić information content (AvgIpc) is 2.69. The first-order valence-electron chi connectivity index (χ1n) is 5.47. The van der Waals surface area contributed by atoms with E-state index in [1.54, 1.807) is 10.8 Å². The van der Waals surface area contributed by atoms with E-state index in [4.69, 9.17) is 4.52 Å². The molecule has 84 valence electrons. The molecule has 2 aromatic carbocycles. The van der Waals surface area contributed by atoms with Gasteiger partial charge in [0.15, 0.2) is 0 Å². The number of rotatable bonds is 2. The molecule has 0 aliphatic rings. The molecule has 0 saturated carbocycles. The second kappa shape index (κ2) is 3.94. The highest BCUT2D eigenvalue weighted by Crippen LogP contribution is 2.12. The first kappa shape index (κ1) is 9.90. The van der Waals surface area contributed by atoms with Crippen LogP contribution in [0.1, 0.15) is 5.56 Å². The summed E-state index contributed by atoms with van der Waals surface area (Å²) >= 11 is 0. The van der Waals surface area contributed by atoms with Gasteiger partial charge in [0, 0.05) is 0 Å². The van der Waals surface area contributed by atoms with Crippen molar-refractivity contribution in [3.63, 3.8) is 0 Å². The molecular formula is C14H11NO2. The average molecular weight is 225 g/mol. The van der Waals surface area contributed by atoms with E-state index >= 15 is 0 Å². The standard InChI is InChI=1S/C14H11NO2/c16-14-12-8-4-5-9-13(12)15(17-14)10-11-6-2-1-3-7-11/h1-9H,10H2. The molecule has 0 N–H and O–H groups in total. The van der Waals surface area contributed by atoms with Gasteiger partial charge >= 0.3 is 5.63 Å². The second-order valence-corrected chi connectivity index (χ2v) is 3.92. The van der Waals surface area contributed by atoms with Gasteiger partial charge in [-0.1, -0.05) is 42.5 Å². The number of fused-ring (bicyclic) bond motifs is 1. The van der Waals surface area contributed by atoms with Crippen molar-refractivity contribution in [1.82, 2.24) is 4.74 Å². The zero-order valence-electron chi connectivity index (χ0n) is 9.17. The van der Waals surface area contributed by atoms with Gasteiger partial charge in [0.2, 0.25) is 0 Å². The molecule has 0 aliphatic carbocycles. The summed E-state index contributed by atoms with van der Waals surface area (Å²) in [6.07, 6.45) is 0. The quantitative estimate of drug-likeness (QED) is 0.672. The van der Waals surface area contributed by atoms with E-state index in [1.165, 1.54) is 0 Å². The van der Waals surface area contributed by atoms with Crippen molar-refractivity contribution >= 4 is 10.9 Å². The monoisotopic (exact) mass is 225 g/mol. The Kier molecular flexibility index (Phi) is 2.29. The summed E-state index contributed by atoms with van der Waals surface area (Å²) in [5, 5.41) is 0.628. The van der Waals surface area contributed by atoms with Crippen molar-refractivity contribution in [2.24, 2.45) is 0 Å². The topological polar surface area (TPSA) is 35.1 Å². The van der Waals surface area contributed by atoms with Crippen molar-refractivity contribution in [3.8, 4) is 0 Å². The molecule has 3 heteroatoms. The van der Waals surface area contributed by atoms with E-state index in [2.05, 4.69) is 0 Å². The molecule has 0 saturated heterocycles. The maximum atomic E-state index is 11.6. The van der Waals surface area contributed by atoms with E-state index in [-0.39, 0.29) is 5.63 Å². The van der Waals surface area contributed by atoms with E-state index in [0.717, 1.165) is 11.1 Å². The smallest absolute Gasteiger partial charge is 0.335 e. The van der Waals surface area contributed by atoms with Crippen LogP contribution >= 0.6 is 0 Å². The van der Waals surface area contributed by atoms with Crippen LogP contribution in [0.2, 0.25) is 0 Å². The van der Waals surface area contributed by atoms with E-state index in [9.17, 15) is 4.79 Å². The Morgan fingerprint density at radius 1 is 0.941 bits per heavy atom. The molecule has 0 amide bonds. The van der Waals surface area contributed by atoms with Crippen LogP contribution in [0.4, 0.5) is 0 Å². The molecule has 1 heterocycles. The number of para-hydroxylation sites is 1. The predicted octanol–water partition coefficient (Wildman–Crippen LogP) is 2.64. The highest BCUT2D eigenvalue weighted by molar-refractivity contribution is 5.77. The molecule has 0 spiro atoms. The molecule has 17 heavy (non-hydrogen) atoms. The Morgan fingerprint density at radius 3 is 2.47 bits per heavy atom. The fourth-order valence-corrected chi connectivity index (χ4v) is 1.93. The third kappa shape index (κ3) is 1.76. The first-order valence-corrected chi connectivity index (χ1v) is 5.47. The molecule has 0 unspecified atom stereocenters. The first-order chi connectivity index (χ1) is 8.34. The third-order valence-electron chi connectivity index (χ3n) is 2.75. The minimum absolute atomic E-state index is 0.281. The lowest BCUT2D eigenvalue weighted by atomic mass is 10.2. The van der Waals surface area contributed by atoms with Gasteiger partial charge in [-0.2, -0.15) is 0 Å². The SMILES string of the molecule is O=c1on(Cc2ccccc2)c2ccccc12. The van der Waals surface area contributed by atoms with E-state index in [0.29, 0.717) is 11.9 Å². The number of hydrogen-bond acceptors (Lipinski definition) is 2.